The molecule has 0 unspecified atom stereocenters. The Bertz CT molecular complexity index is 473. The number of nitrogens with zero attached hydrogens (tertiary/aromatic N) is 1. The lowest BCUT2D eigenvalue weighted by atomic mass is 9.98. The van der Waals surface area contributed by atoms with Gasteiger partial charge in [-0.1, -0.05) is 0 Å². The number of carbonyl (C=O) groups is 1. The molecule has 20 heavy (non-hydrogen) atoms. The molecule has 4 N–H and O–H groups in total. The van der Waals surface area contributed by atoms with Crippen LogP contribution < -0.4 is 11.1 Å². The number of hydrogen-bond donors (Lipinski definition) is 3. The Morgan fingerprint density at radius 2 is 2.15 bits per heavy atom. The number of likely N-dealkylation sites (tertiary alicyclic amines) is 1. The molecule has 1 aromatic rings. The number of anilines is 2. The van der Waals surface area contributed by atoms with E-state index < -0.39 is 0 Å². The molecule has 0 saturated carbocycles. The number of aliphatic hydroxyl groups excluding tert-OH is 1. The second kappa shape index (κ2) is 7.06. The summed E-state index contributed by atoms with van der Waals surface area (Å²) in [6.45, 7) is 2.36. The number of rotatable bonds is 4. The third-order valence-electron chi connectivity index (χ3n) is 3.60. The van der Waals surface area contributed by atoms with Gasteiger partial charge in [0.25, 0.3) is 0 Å². The maximum absolute atomic E-state index is 12.0. The van der Waals surface area contributed by atoms with Crippen molar-refractivity contribution in [2.45, 2.75) is 12.8 Å². The predicted molar refractivity (Wildman–Crippen MR) is 83.4 cm³/mol. The van der Waals surface area contributed by atoms with Crippen molar-refractivity contribution in [2.75, 3.05) is 37.3 Å². The van der Waals surface area contributed by atoms with Gasteiger partial charge in [-0.3, -0.25) is 9.69 Å². The van der Waals surface area contributed by atoms with Crippen molar-refractivity contribution in [3.8, 4) is 0 Å². The number of aliphatic hydroxyl groups is 1. The maximum atomic E-state index is 12.0. The molecule has 1 aromatic carbocycles. The van der Waals surface area contributed by atoms with Gasteiger partial charge in [-0.25, -0.2) is 0 Å². The Kier molecular flexibility index (Phi) is 5.39. The van der Waals surface area contributed by atoms with Crippen LogP contribution in [0.2, 0.25) is 0 Å². The highest BCUT2D eigenvalue weighted by atomic mass is 79.9. The van der Waals surface area contributed by atoms with E-state index >= 15 is 0 Å². The first-order valence-electron chi connectivity index (χ1n) is 6.76. The van der Waals surface area contributed by atoms with E-state index in [2.05, 4.69) is 26.1 Å². The van der Waals surface area contributed by atoms with Crippen LogP contribution in [0, 0.1) is 5.92 Å². The van der Waals surface area contributed by atoms with Crippen LogP contribution in [0.5, 0.6) is 0 Å². The second-order valence-electron chi connectivity index (χ2n) is 5.19. The minimum Gasteiger partial charge on any atom is -0.399 e. The minimum absolute atomic E-state index is 0.0297. The smallest absolute Gasteiger partial charge is 0.238 e. The summed E-state index contributed by atoms with van der Waals surface area (Å²) in [5.41, 5.74) is 7.05. The van der Waals surface area contributed by atoms with Gasteiger partial charge in [-0.05, 0) is 66.0 Å². The second-order valence-corrected chi connectivity index (χ2v) is 6.04. The van der Waals surface area contributed by atoms with Crippen LogP contribution in [0.3, 0.4) is 0 Å². The Morgan fingerprint density at radius 1 is 1.45 bits per heavy atom. The van der Waals surface area contributed by atoms with Crippen LogP contribution in [0.15, 0.2) is 22.7 Å². The van der Waals surface area contributed by atoms with Gasteiger partial charge in [0.1, 0.15) is 0 Å². The summed E-state index contributed by atoms with van der Waals surface area (Å²) in [6.07, 6.45) is 1.91. The lowest BCUT2D eigenvalue weighted by Crippen LogP contribution is -2.39. The number of halogens is 1. The Labute approximate surface area is 127 Å². The van der Waals surface area contributed by atoms with E-state index in [4.69, 9.17) is 10.8 Å². The predicted octanol–water partition coefficient (Wildman–Crippen LogP) is 1.67. The van der Waals surface area contributed by atoms with E-state index in [0.29, 0.717) is 18.2 Å². The summed E-state index contributed by atoms with van der Waals surface area (Å²) >= 11 is 3.38. The molecule has 0 radical (unpaired) electrons. The molecular weight excluding hydrogens is 322 g/mol. The minimum atomic E-state index is -0.0297. The van der Waals surface area contributed by atoms with Gasteiger partial charge in [0.15, 0.2) is 0 Å². The molecule has 1 heterocycles. The summed E-state index contributed by atoms with van der Waals surface area (Å²) in [4.78, 5) is 14.1. The molecule has 5 nitrogen and oxygen atoms in total. The van der Waals surface area contributed by atoms with Crippen LogP contribution in [-0.4, -0.2) is 42.2 Å². The Hall–Kier alpha value is -1.11. The summed E-state index contributed by atoms with van der Waals surface area (Å²) in [5.74, 6) is 0.360. The zero-order valence-electron chi connectivity index (χ0n) is 11.3. The van der Waals surface area contributed by atoms with Crippen molar-refractivity contribution >= 4 is 33.2 Å². The van der Waals surface area contributed by atoms with Gasteiger partial charge in [0, 0.05) is 16.8 Å². The van der Waals surface area contributed by atoms with Gasteiger partial charge < -0.3 is 16.2 Å². The van der Waals surface area contributed by atoms with Crippen LogP contribution in [-0.2, 0) is 4.79 Å². The molecule has 0 bridgehead atoms. The average Bonchev–Trinajstić information content (AvgIpc) is 2.43. The molecule has 1 aliphatic rings. The average molecular weight is 342 g/mol. The largest absolute Gasteiger partial charge is 0.399 e. The van der Waals surface area contributed by atoms with Gasteiger partial charge in [0.2, 0.25) is 5.91 Å². The molecule has 1 fully saturated rings. The van der Waals surface area contributed by atoms with E-state index in [0.717, 1.165) is 36.1 Å². The van der Waals surface area contributed by atoms with Gasteiger partial charge >= 0.3 is 0 Å². The molecule has 6 heteroatoms. The van der Waals surface area contributed by atoms with Gasteiger partial charge in [-0.2, -0.15) is 0 Å². The highest BCUT2D eigenvalue weighted by Gasteiger charge is 2.20. The highest BCUT2D eigenvalue weighted by Crippen LogP contribution is 2.24. The molecule has 0 spiro atoms. The fourth-order valence-electron chi connectivity index (χ4n) is 2.35. The van der Waals surface area contributed by atoms with Crippen molar-refractivity contribution in [2.24, 2.45) is 5.92 Å². The molecule has 1 amide bonds. The molecule has 0 atom stereocenters. The standard InChI is InChI=1S/C14H20BrN3O2/c15-12-7-11(16)1-2-13(12)17-14(20)8-18-5-3-10(9-19)4-6-18/h1-2,7,10,19H,3-6,8-9,16H2,(H,17,20). The number of piperidine rings is 1. The molecule has 0 aliphatic carbocycles. The summed E-state index contributed by atoms with van der Waals surface area (Å²) in [5, 5.41) is 12.0. The van der Waals surface area contributed by atoms with Gasteiger partial charge in [-0.15, -0.1) is 0 Å². The van der Waals surface area contributed by atoms with Crippen LogP contribution in [0.1, 0.15) is 12.8 Å². The fourth-order valence-corrected chi connectivity index (χ4v) is 2.85. The SMILES string of the molecule is Nc1ccc(NC(=O)CN2CCC(CO)CC2)c(Br)c1. The van der Waals surface area contributed by atoms with Gasteiger partial charge in [0.05, 0.1) is 12.2 Å². The van der Waals surface area contributed by atoms with Crippen molar-refractivity contribution in [3.05, 3.63) is 22.7 Å². The van der Waals surface area contributed by atoms with E-state index in [1.54, 1.807) is 18.2 Å². The molecule has 110 valence electrons. The molecule has 1 saturated heterocycles. The lowest BCUT2D eigenvalue weighted by molar-refractivity contribution is -0.117. The molecular formula is C14H20BrN3O2. The van der Waals surface area contributed by atoms with Crippen LogP contribution >= 0.6 is 15.9 Å². The number of nitrogen functional groups attached to an aromatic ring is 1. The Balaban J connectivity index is 1.84. The van der Waals surface area contributed by atoms with Crippen LogP contribution in [0.4, 0.5) is 11.4 Å². The number of amides is 1. The zero-order chi connectivity index (χ0) is 14.5. The van der Waals surface area contributed by atoms with Crippen LogP contribution in [0.25, 0.3) is 0 Å². The monoisotopic (exact) mass is 341 g/mol. The number of benzene rings is 1. The number of carbonyl (C=O) groups excluding carboxylic acids is 1. The highest BCUT2D eigenvalue weighted by molar-refractivity contribution is 9.10. The quantitative estimate of drug-likeness (QED) is 0.728. The fraction of sp³-hybridized carbons (Fsp3) is 0.500. The van der Waals surface area contributed by atoms with E-state index in [9.17, 15) is 4.79 Å². The normalized spacial score (nSPS) is 17.1. The van der Waals surface area contributed by atoms with E-state index in [1.165, 1.54) is 0 Å². The zero-order valence-corrected chi connectivity index (χ0v) is 12.9. The summed E-state index contributed by atoms with van der Waals surface area (Å²) in [7, 11) is 0. The summed E-state index contributed by atoms with van der Waals surface area (Å²) < 4.78 is 0.782. The topological polar surface area (TPSA) is 78.6 Å². The summed E-state index contributed by atoms with van der Waals surface area (Å²) in [6, 6.07) is 5.31. The number of hydrogen-bond acceptors (Lipinski definition) is 4. The number of nitrogens with two attached hydrogens (primary N) is 1. The van der Waals surface area contributed by atoms with E-state index in [1.807, 2.05) is 0 Å². The third kappa shape index (κ3) is 4.19. The first-order valence-corrected chi connectivity index (χ1v) is 7.56. The van der Waals surface area contributed by atoms with Crippen molar-refractivity contribution in [1.29, 1.82) is 0 Å². The lowest BCUT2D eigenvalue weighted by Gasteiger charge is -2.30. The molecule has 1 aliphatic heterocycles. The number of nitrogens with one attached hydrogen (secondary N) is 1. The maximum Gasteiger partial charge on any atom is 0.238 e. The van der Waals surface area contributed by atoms with Crippen molar-refractivity contribution < 1.29 is 9.90 Å². The third-order valence-corrected chi connectivity index (χ3v) is 4.26. The Morgan fingerprint density at radius 3 is 2.75 bits per heavy atom. The molecule has 2 rings (SSSR count). The van der Waals surface area contributed by atoms with Crippen molar-refractivity contribution in [1.82, 2.24) is 4.90 Å². The molecule has 0 aromatic heterocycles. The first-order chi connectivity index (χ1) is 9.58. The van der Waals surface area contributed by atoms with E-state index in [-0.39, 0.29) is 12.5 Å². The first kappa shape index (κ1) is 15.3. The van der Waals surface area contributed by atoms with Crippen molar-refractivity contribution in [3.63, 3.8) is 0 Å².